The number of phenols is 1. The summed E-state index contributed by atoms with van der Waals surface area (Å²) in [5.41, 5.74) is 2.24. The highest BCUT2D eigenvalue weighted by Gasteiger charge is 2.31. The molecule has 0 radical (unpaired) electrons. The minimum absolute atomic E-state index is 0.121. The first-order valence-corrected chi connectivity index (χ1v) is 9.91. The Kier molecular flexibility index (Phi) is 4.23. The Morgan fingerprint density at radius 1 is 1.08 bits per heavy atom. The second-order valence-corrected chi connectivity index (χ2v) is 8.72. The van der Waals surface area contributed by atoms with Crippen LogP contribution in [0.25, 0.3) is 28.0 Å². The predicted molar refractivity (Wildman–Crippen MR) is 111 cm³/mol. The van der Waals surface area contributed by atoms with Gasteiger partial charge in [-0.05, 0) is 64.5 Å². The Bertz CT molecular complexity index is 1050. The summed E-state index contributed by atoms with van der Waals surface area (Å²) >= 11 is 8.26. The van der Waals surface area contributed by atoms with Crippen molar-refractivity contribution in [2.24, 2.45) is 5.92 Å². The Balaban J connectivity index is 1.66. The molecule has 1 aliphatic heterocycles. The van der Waals surface area contributed by atoms with Crippen LogP contribution in [0.3, 0.4) is 0 Å². The van der Waals surface area contributed by atoms with Crippen molar-refractivity contribution in [1.29, 1.82) is 0 Å². The van der Waals surface area contributed by atoms with E-state index in [4.69, 9.17) is 12.2 Å². The molecule has 1 aromatic heterocycles. The highest BCUT2D eigenvalue weighted by atomic mass is 32.2. The first-order chi connectivity index (χ1) is 12.0. The molecule has 1 aliphatic rings. The molecule has 0 bridgehead atoms. The van der Waals surface area contributed by atoms with Gasteiger partial charge in [0.2, 0.25) is 0 Å². The topological polar surface area (TPSA) is 37.3 Å². The van der Waals surface area contributed by atoms with Crippen LogP contribution in [0.4, 0.5) is 0 Å². The van der Waals surface area contributed by atoms with Crippen molar-refractivity contribution in [2.45, 2.75) is 6.92 Å². The van der Waals surface area contributed by atoms with E-state index in [0.717, 1.165) is 35.9 Å². The van der Waals surface area contributed by atoms with Gasteiger partial charge in [0.25, 0.3) is 0 Å². The number of hydrogen-bond acceptors (Lipinski definition) is 5. The van der Waals surface area contributed by atoms with Crippen LogP contribution in [0.1, 0.15) is 11.8 Å². The van der Waals surface area contributed by atoms with Crippen LogP contribution in [-0.4, -0.2) is 15.1 Å². The van der Waals surface area contributed by atoms with Crippen molar-refractivity contribution in [2.75, 3.05) is 0 Å². The molecule has 2 aromatic carbocycles. The predicted octanol–water partition coefficient (Wildman–Crippen LogP) is 5.89. The SMILES string of the molecule is CC1C(=O)/C(=C/c2cc(-c3ccc4cc(O)ccc4c3)cs2)SC1=S. The zero-order chi connectivity index (χ0) is 17.6. The van der Waals surface area contributed by atoms with Gasteiger partial charge in [-0.25, -0.2) is 0 Å². The number of Topliss-reactive ketones (excluding diaryl/α,β-unsaturated/α-hetero) is 1. The number of benzene rings is 2. The second kappa shape index (κ2) is 6.41. The maximum absolute atomic E-state index is 12.2. The number of carbonyl (C=O) groups excluding carboxylic acids is 1. The zero-order valence-corrected chi connectivity index (χ0v) is 15.8. The van der Waals surface area contributed by atoms with Crippen LogP contribution >= 0.6 is 35.3 Å². The van der Waals surface area contributed by atoms with Crippen molar-refractivity contribution >= 4 is 62.1 Å². The van der Waals surface area contributed by atoms with Crippen LogP contribution in [0.2, 0.25) is 0 Å². The Morgan fingerprint density at radius 2 is 1.84 bits per heavy atom. The summed E-state index contributed by atoms with van der Waals surface area (Å²) < 4.78 is 0.755. The number of hydrogen-bond donors (Lipinski definition) is 1. The summed E-state index contributed by atoms with van der Waals surface area (Å²) in [4.78, 5) is 14.0. The standard InChI is InChI=1S/C20H14O2S3/c1-11-19(22)18(25-20(11)23)9-17-8-15(10-24-17)13-2-3-14-7-16(21)5-4-12(14)6-13/h2-11,21H,1H3/b18-9-. The van der Waals surface area contributed by atoms with Crippen LogP contribution < -0.4 is 0 Å². The number of rotatable bonds is 2. The average Bonchev–Trinajstić information content (AvgIpc) is 3.16. The third kappa shape index (κ3) is 3.15. The Hall–Kier alpha value is -1.95. The molecule has 1 atom stereocenters. The van der Waals surface area contributed by atoms with Crippen molar-refractivity contribution in [1.82, 2.24) is 0 Å². The summed E-state index contributed by atoms with van der Waals surface area (Å²) in [5, 5.41) is 13.8. The fourth-order valence-electron chi connectivity index (χ4n) is 2.79. The van der Waals surface area contributed by atoms with Crippen molar-refractivity contribution in [3.05, 3.63) is 57.6 Å². The van der Waals surface area contributed by atoms with E-state index < -0.39 is 0 Å². The summed E-state index contributed by atoms with van der Waals surface area (Å²) in [6, 6.07) is 13.6. The summed E-state index contributed by atoms with van der Waals surface area (Å²) in [6.45, 7) is 1.87. The lowest BCUT2D eigenvalue weighted by Crippen LogP contribution is -2.07. The number of ketones is 1. The van der Waals surface area contributed by atoms with Crippen LogP contribution in [0.5, 0.6) is 5.75 Å². The van der Waals surface area contributed by atoms with E-state index in [9.17, 15) is 9.90 Å². The molecular formula is C20H14O2S3. The third-order valence-electron chi connectivity index (χ3n) is 4.25. The molecule has 5 heteroatoms. The van der Waals surface area contributed by atoms with Gasteiger partial charge in [0, 0.05) is 4.88 Å². The maximum Gasteiger partial charge on any atom is 0.178 e. The Morgan fingerprint density at radius 3 is 2.60 bits per heavy atom. The van der Waals surface area contributed by atoms with Gasteiger partial charge in [-0.15, -0.1) is 11.3 Å². The van der Waals surface area contributed by atoms with Gasteiger partial charge in [-0.2, -0.15) is 0 Å². The number of thioether (sulfide) groups is 1. The number of phenolic OH excluding ortho intramolecular Hbond substituents is 1. The average molecular weight is 383 g/mol. The molecule has 0 saturated carbocycles. The molecule has 1 saturated heterocycles. The van der Waals surface area contributed by atoms with Gasteiger partial charge in [-0.1, -0.05) is 42.2 Å². The van der Waals surface area contributed by atoms with E-state index in [2.05, 4.69) is 17.5 Å². The molecule has 25 heavy (non-hydrogen) atoms. The molecule has 2 nitrogen and oxygen atoms in total. The summed E-state index contributed by atoms with van der Waals surface area (Å²) in [5.74, 6) is 0.230. The number of thiocarbonyl (C=S) groups is 1. The molecule has 1 N–H and O–H groups in total. The first kappa shape index (κ1) is 16.5. The summed E-state index contributed by atoms with van der Waals surface area (Å²) in [6.07, 6.45) is 1.94. The molecule has 124 valence electrons. The number of carbonyl (C=O) groups is 1. The van der Waals surface area contributed by atoms with Gasteiger partial charge in [-0.3, -0.25) is 4.79 Å². The second-order valence-electron chi connectivity index (χ2n) is 6.00. The fourth-order valence-corrected chi connectivity index (χ4v) is 5.05. The highest BCUT2D eigenvalue weighted by Crippen LogP contribution is 2.37. The van der Waals surface area contributed by atoms with Gasteiger partial charge in [0.15, 0.2) is 5.78 Å². The van der Waals surface area contributed by atoms with Crippen molar-refractivity contribution < 1.29 is 9.90 Å². The first-order valence-electron chi connectivity index (χ1n) is 7.80. The minimum Gasteiger partial charge on any atom is -0.508 e. The highest BCUT2D eigenvalue weighted by molar-refractivity contribution is 8.27. The molecule has 0 spiro atoms. The van der Waals surface area contributed by atoms with Gasteiger partial charge in [0.1, 0.15) is 5.75 Å². The van der Waals surface area contributed by atoms with Crippen LogP contribution in [0.15, 0.2) is 52.7 Å². The number of fused-ring (bicyclic) bond motifs is 1. The van der Waals surface area contributed by atoms with Gasteiger partial charge >= 0.3 is 0 Å². The molecule has 1 fully saturated rings. The zero-order valence-electron chi connectivity index (χ0n) is 13.4. The molecular weight excluding hydrogens is 368 g/mol. The number of thiophene rings is 1. The van der Waals surface area contributed by atoms with E-state index in [1.807, 2.05) is 31.2 Å². The fraction of sp³-hybridized carbons (Fsp3) is 0.100. The lowest BCUT2D eigenvalue weighted by atomic mass is 10.0. The minimum atomic E-state index is -0.164. The largest absolute Gasteiger partial charge is 0.508 e. The van der Waals surface area contributed by atoms with Gasteiger partial charge in [0.05, 0.1) is 15.0 Å². The molecule has 1 unspecified atom stereocenters. The monoisotopic (exact) mass is 382 g/mol. The third-order valence-corrected chi connectivity index (χ3v) is 6.83. The van der Waals surface area contributed by atoms with Crippen molar-refractivity contribution in [3.63, 3.8) is 0 Å². The van der Waals surface area contributed by atoms with E-state index in [-0.39, 0.29) is 17.5 Å². The van der Waals surface area contributed by atoms with E-state index in [1.54, 1.807) is 23.5 Å². The van der Waals surface area contributed by atoms with Crippen LogP contribution in [-0.2, 0) is 4.79 Å². The lowest BCUT2D eigenvalue weighted by Gasteiger charge is -2.02. The molecule has 3 aromatic rings. The van der Waals surface area contributed by atoms with E-state index >= 15 is 0 Å². The normalized spacial score (nSPS) is 19.2. The summed E-state index contributed by atoms with van der Waals surface area (Å²) in [7, 11) is 0. The molecule has 4 rings (SSSR count). The van der Waals surface area contributed by atoms with Gasteiger partial charge < -0.3 is 5.11 Å². The molecule has 0 amide bonds. The van der Waals surface area contributed by atoms with E-state index in [0.29, 0.717) is 0 Å². The van der Waals surface area contributed by atoms with E-state index in [1.165, 1.54) is 11.8 Å². The molecule has 0 aliphatic carbocycles. The smallest absolute Gasteiger partial charge is 0.178 e. The molecule has 2 heterocycles. The van der Waals surface area contributed by atoms with Crippen molar-refractivity contribution in [3.8, 4) is 16.9 Å². The maximum atomic E-state index is 12.2. The quantitative estimate of drug-likeness (QED) is 0.443. The lowest BCUT2D eigenvalue weighted by molar-refractivity contribution is -0.115. The number of allylic oxidation sites excluding steroid dienone is 1. The Labute approximate surface area is 159 Å². The van der Waals surface area contributed by atoms with Crippen LogP contribution in [0, 0.1) is 5.92 Å². The number of aromatic hydroxyl groups is 1.